The normalized spacial score (nSPS) is 10.4. The molecule has 0 radical (unpaired) electrons. The van der Waals surface area contributed by atoms with Gasteiger partial charge in [0.05, 0.1) is 0 Å². The van der Waals surface area contributed by atoms with Crippen molar-refractivity contribution in [3.05, 3.63) is 59.7 Å². The third-order valence-corrected chi connectivity index (χ3v) is 4.18. The van der Waals surface area contributed by atoms with Crippen LogP contribution >= 0.6 is 0 Å². The molecule has 2 amide bonds. The van der Waals surface area contributed by atoms with E-state index < -0.39 is 0 Å². The zero-order chi connectivity index (χ0) is 18.9. The molecule has 1 N–H and O–H groups in total. The highest BCUT2D eigenvalue weighted by molar-refractivity contribution is 6.06. The Morgan fingerprint density at radius 3 is 2.35 bits per heavy atom. The molecule has 2 aromatic carbocycles. The van der Waals surface area contributed by atoms with E-state index in [-0.39, 0.29) is 11.8 Å². The van der Waals surface area contributed by atoms with Crippen LogP contribution in [0, 0.1) is 6.92 Å². The summed E-state index contributed by atoms with van der Waals surface area (Å²) < 4.78 is 0. The van der Waals surface area contributed by atoms with Gasteiger partial charge in [0.25, 0.3) is 5.91 Å². The van der Waals surface area contributed by atoms with E-state index in [9.17, 15) is 9.59 Å². The topological polar surface area (TPSA) is 49.4 Å². The fourth-order valence-corrected chi connectivity index (χ4v) is 2.78. The second-order valence-corrected chi connectivity index (χ2v) is 6.52. The minimum atomic E-state index is -0.0266. The molecule has 0 aromatic heterocycles. The Labute approximate surface area is 156 Å². The molecule has 0 atom stereocenters. The summed E-state index contributed by atoms with van der Waals surface area (Å²) in [7, 11) is 0. The standard InChI is InChI=1S/C22H28N2O2/c1-4-6-10-21(25)23-19-13-11-18(12-14-19)22(26)24(15-5-2)20-9-7-8-17(3)16-20/h7-9,11-14,16H,4-6,10,15H2,1-3H3,(H,23,25). The molecule has 0 fully saturated rings. The van der Waals surface area contributed by atoms with Crippen molar-refractivity contribution in [1.29, 1.82) is 0 Å². The molecular formula is C22H28N2O2. The number of aryl methyl sites for hydroxylation is 1. The maximum absolute atomic E-state index is 13.0. The first kappa shape index (κ1) is 19.7. The maximum atomic E-state index is 13.0. The number of anilines is 2. The van der Waals surface area contributed by atoms with Crippen molar-refractivity contribution in [2.75, 3.05) is 16.8 Å². The van der Waals surface area contributed by atoms with Gasteiger partial charge in [0.15, 0.2) is 0 Å². The smallest absolute Gasteiger partial charge is 0.258 e. The minimum absolute atomic E-state index is 0.0123. The van der Waals surface area contributed by atoms with Gasteiger partial charge in [-0.2, -0.15) is 0 Å². The van der Waals surface area contributed by atoms with E-state index in [1.165, 1.54) is 0 Å². The number of carbonyl (C=O) groups is 2. The lowest BCUT2D eigenvalue weighted by Gasteiger charge is -2.23. The molecule has 0 heterocycles. The molecule has 138 valence electrons. The third-order valence-electron chi connectivity index (χ3n) is 4.18. The van der Waals surface area contributed by atoms with Crippen LogP contribution in [-0.2, 0) is 4.79 Å². The van der Waals surface area contributed by atoms with E-state index in [1.54, 1.807) is 24.3 Å². The molecule has 26 heavy (non-hydrogen) atoms. The van der Waals surface area contributed by atoms with Crippen molar-refractivity contribution >= 4 is 23.2 Å². The zero-order valence-electron chi connectivity index (χ0n) is 15.9. The van der Waals surface area contributed by atoms with E-state index >= 15 is 0 Å². The van der Waals surface area contributed by atoms with E-state index in [4.69, 9.17) is 0 Å². The van der Waals surface area contributed by atoms with E-state index in [1.807, 2.05) is 36.1 Å². The first-order chi connectivity index (χ1) is 12.5. The highest BCUT2D eigenvalue weighted by atomic mass is 16.2. The van der Waals surface area contributed by atoms with Crippen LogP contribution in [0.25, 0.3) is 0 Å². The second-order valence-electron chi connectivity index (χ2n) is 6.52. The Morgan fingerprint density at radius 2 is 1.73 bits per heavy atom. The fraction of sp³-hybridized carbons (Fsp3) is 0.364. The number of nitrogens with one attached hydrogen (secondary N) is 1. The van der Waals surface area contributed by atoms with Crippen LogP contribution in [0.1, 0.15) is 55.5 Å². The number of nitrogens with zero attached hydrogens (tertiary/aromatic N) is 1. The van der Waals surface area contributed by atoms with Gasteiger partial charge in [-0.05, 0) is 61.7 Å². The van der Waals surface area contributed by atoms with Crippen molar-refractivity contribution in [2.24, 2.45) is 0 Å². The molecule has 4 nitrogen and oxygen atoms in total. The summed E-state index contributed by atoms with van der Waals surface area (Å²) in [5.74, 6) is -0.0143. The van der Waals surface area contributed by atoms with Crippen molar-refractivity contribution in [3.8, 4) is 0 Å². The van der Waals surface area contributed by atoms with Crippen molar-refractivity contribution in [2.45, 2.75) is 46.5 Å². The van der Waals surface area contributed by atoms with E-state index in [0.717, 1.165) is 36.2 Å². The van der Waals surface area contributed by atoms with Gasteiger partial charge in [-0.15, -0.1) is 0 Å². The quantitative estimate of drug-likeness (QED) is 0.711. The van der Waals surface area contributed by atoms with Crippen LogP contribution in [0.2, 0.25) is 0 Å². The maximum Gasteiger partial charge on any atom is 0.258 e. The largest absolute Gasteiger partial charge is 0.326 e. The molecule has 0 bridgehead atoms. The van der Waals surface area contributed by atoms with Crippen LogP contribution in [0.3, 0.4) is 0 Å². The second kappa shape index (κ2) is 9.76. The minimum Gasteiger partial charge on any atom is -0.326 e. The highest BCUT2D eigenvalue weighted by Crippen LogP contribution is 2.20. The summed E-state index contributed by atoms with van der Waals surface area (Å²) >= 11 is 0. The van der Waals surface area contributed by atoms with Crippen LogP contribution < -0.4 is 10.2 Å². The lowest BCUT2D eigenvalue weighted by atomic mass is 10.1. The SMILES string of the molecule is CCCCC(=O)Nc1ccc(C(=O)N(CCC)c2cccc(C)c2)cc1. The van der Waals surface area contributed by atoms with Crippen LogP contribution in [0.4, 0.5) is 11.4 Å². The summed E-state index contributed by atoms with van der Waals surface area (Å²) in [6.07, 6.45) is 3.28. The average Bonchev–Trinajstić information content (AvgIpc) is 2.64. The van der Waals surface area contributed by atoms with Gasteiger partial charge in [-0.1, -0.05) is 32.4 Å². The Hall–Kier alpha value is -2.62. The number of amides is 2. The number of rotatable bonds is 8. The number of hydrogen-bond acceptors (Lipinski definition) is 2. The van der Waals surface area contributed by atoms with Crippen LogP contribution in [0.5, 0.6) is 0 Å². The van der Waals surface area contributed by atoms with Gasteiger partial charge in [-0.25, -0.2) is 0 Å². The molecule has 0 aliphatic rings. The van der Waals surface area contributed by atoms with Gasteiger partial charge in [0.2, 0.25) is 5.91 Å². The number of benzene rings is 2. The average molecular weight is 352 g/mol. The van der Waals surface area contributed by atoms with E-state index in [2.05, 4.69) is 19.2 Å². The molecule has 0 spiro atoms. The van der Waals surface area contributed by atoms with Crippen LogP contribution in [0.15, 0.2) is 48.5 Å². The lowest BCUT2D eigenvalue weighted by molar-refractivity contribution is -0.116. The number of unbranched alkanes of at least 4 members (excludes halogenated alkanes) is 1. The Morgan fingerprint density at radius 1 is 1.00 bits per heavy atom. The van der Waals surface area contributed by atoms with Gasteiger partial charge in [-0.3, -0.25) is 9.59 Å². The molecule has 0 saturated heterocycles. The summed E-state index contributed by atoms with van der Waals surface area (Å²) in [4.78, 5) is 26.6. The Bertz CT molecular complexity index is 738. The van der Waals surface area contributed by atoms with E-state index in [0.29, 0.717) is 18.5 Å². The predicted octanol–water partition coefficient (Wildman–Crippen LogP) is 5.18. The van der Waals surface area contributed by atoms with Crippen LogP contribution in [-0.4, -0.2) is 18.4 Å². The number of hydrogen-bond donors (Lipinski definition) is 1. The summed E-state index contributed by atoms with van der Waals surface area (Å²) in [6, 6.07) is 15.1. The van der Waals surface area contributed by atoms with Gasteiger partial charge >= 0.3 is 0 Å². The van der Waals surface area contributed by atoms with Crippen molar-refractivity contribution < 1.29 is 9.59 Å². The van der Waals surface area contributed by atoms with Crippen molar-refractivity contribution in [3.63, 3.8) is 0 Å². The molecule has 0 saturated carbocycles. The van der Waals surface area contributed by atoms with Gasteiger partial charge in [0, 0.05) is 29.9 Å². The predicted molar refractivity (Wildman–Crippen MR) is 108 cm³/mol. The molecule has 2 rings (SSSR count). The zero-order valence-corrected chi connectivity index (χ0v) is 15.9. The highest BCUT2D eigenvalue weighted by Gasteiger charge is 2.17. The summed E-state index contributed by atoms with van der Waals surface area (Å²) in [5.41, 5.74) is 3.38. The first-order valence-corrected chi connectivity index (χ1v) is 9.33. The number of carbonyl (C=O) groups excluding carboxylic acids is 2. The molecule has 4 heteroatoms. The summed E-state index contributed by atoms with van der Waals surface area (Å²) in [5, 5.41) is 2.87. The third kappa shape index (κ3) is 5.45. The first-order valence-electron chi connectivity index (χ1n) is 9.33. The molecular weight excluding hydrogens is 324 g/mol. The Balaban J connectivity index is 2.12. The fourth-order valence-electron chi connectivity index (χ4n) is 2.78. The lowest BCUT2D eigenvalue weighted by Crippen LogP contribution is -2.31. The molecule has 0 unspecified atom stereocenters. The molecule has 0 aliphatic carbocycles. The van der Waals surface area contributed by atoms with Gasteiger partial charge in [0.1, 0.15) is 0 Å². The Kier molecular flexibility index (Phi) is 7.39. The molecule has 0 aliphatic heterocycles. The van der Waals surface area contributed by atoms with Crippen molar-refractivity contribution in [1.82, 2.24) is 0 Å². The van der Waals surface area contributed by atoms with Gasteiger partial charge < -0.3 is 10.2 Å². The molecule has 2 aromatic rings. The monoisotopic (exact) mass is 352 g/mol. The summed E-state index contributed by atoms with van der Waals surface area (Å²) in [6.45, 7) is 6.81.